The minimum absolute atomic E-state index is 0.204. The molecule has 1 amide bonds. The molecule has 4 rings (SSSR count). The van der Waals surface area contributed by atoms with E-state index in [0.717, 1.165) is 12.1 Å². The van der Waals surface area contributed by atoms with E-state index >= 15 is 0 Å². The third-order valence-corrected chi connectivity index (χ3v) is 4.83. The Morgan fingerprint density at radius 2 is 1.86 bits per heavy atom. The average molecular weight is 289 g/mol. The second-order valence-electron chi connectivity index (χ2n) is 6.53. The Hall–Kier alpha value is -2.35. The molecule has 0 aliphatic carbocycles. The minimum Gasteiger partial charge on any atom is -0.302 e. The van der Waals surface area contributed by atoms with Crippen LogP contribution in [0.2, 0.25) is 0 Å². The first-order valence-corrected chi connectivity index (χ1v) is 7.81. The summed E-state index contributed by atoms with van der Waals surface area (Å²) in [4.78, 5) is 14.4. The van der Waals surface area contributed by atoms with Crippen LogP contribution in [0.25, 0.3) is 5.57 Å². The molecule has 22 heavy (non-hydrogen) atoms. The van der Waals surface area contributed by atoms with Crippen LogP contribution in [0.3, 0.4) is 0 Å². The van der Waals surface area contributed by atoms with Crippen molar-refractivity contribution in [2.45, 2.75) is 32.2 Å². The number of nitrogens with zero attached hydrogens (tertiary/aromatic N) is 1. The van der Waals surface area contributed by atoms with Crippen LogP contribution in [0.4, 0.5) is 5.69 Å². The number of hydrogen-bond acceptors (Lipinski definition) is 1. The van der Waals surface area contributed by atoms with Gasteiger partial charge in [-0.3, -0.25) is 4.79 Å². The quantitative estimate of drug-likeness (QED) is 0.765. The summed E-state index contributed by atoms with van der Waals surface area (Å²) in [5.74, 6) is 0.232. The topological polar surface area (TPSA) is 20.3 Å². The van der Waals surface area contributed by atoms with Gasteiger partial charge in [0.25, 0.3) is 0 Å². The predicted molar refractivity (Wildman–Crippen MR) is 89.8 cm³/mol. The van der Waals surface area contributed by atoms with Gasteiger partial charge in [0.15, 0.2) is 0 Å². The van der Waals surface area contributed by atoms with E-state index in [-0.39, 0.29) is 11.4 Å². The van der Waals surface area contributed by atoms with Crippen molar-refractivity contribution in [1.82, 2.24) is 0 Å². The standard InChI is InChI=1S/C20H19NO/c1-14-8-9-18-16(12-14)17(15-6-4-3-5-7-15)13-20(2)11-10-19(22)21(18)20/h3-9,12-13H,10-11H2,1-2H3. The number of carbonyl (C=O) groups excluding carboxylic acids is 1. The second-order valence-corrected chi connectivity index (χ2v) is 6.53. The first-order valence-electron chi connectivity index (χ1n) is 7.81. The van der Waals surface area contributed by atoms with Gasteiger partial charge in [0.2, 0.25) is 5.91 Å². The zero-order chi connectivity index (χ0) is 15.3. The highest BCUT2D eigenvalue weighted by Crippen LogP contribution is 2.46. The van der Waals surface area contributed by atoms with Crippen molar-refractivity contribution in [3.05, 3.63) is 71.3 Å². The lowest BCUT2D eigenvalue weighted by Gasteiger charge is -2.39. The summed E-state index contributed by atoms with van der Waals surface area (Å²) in [6.45, 7) is 4.27. The van der Waals surface area contributed by atoms with Crippen molar-refractivity contribution in [2.24, 2.45) is 0 Å². The van der Waals surface area contributed by atoms with Crippen LogP contribution in [-0.2, 0) is 4.79 Å². The molecule has 2 aliphatic rings. The van der Waals surface area contributed by atoms with Gasteiger partial charge in [0, 0.05) is 12.0 Å². The SMILES string of the molecule is Cc1ccc2c(c1)C(c1ccccc1)=CC1(C)CCC(=O)N21. The van der Waals surface area contributed by atoms with Gasteiger partial charge >= 0.3 is 0 Å². The third-order valence-electron chi connectivity index (χ3n) is 4.83. The first-order chi connectivity index (χ1) is 10.6. The fourth-order valence-corrected chi connectivity index (χ4v) is 3.72. The van der Waals surface area contributed by atoms with Crippen LogP contribution in [0.5, 0.6) is 0 Å². The maximum Gasteiger partial charge on any atom is 0.227 e. The number of aryl methyl sites for hydroxylation is 1. The van der Waals surface area contributed by atoms with Gasteiger partial charge in [-0.2, -0.15) is 0 Å². The van der Waals surface area contributed by atoms with E-state index in [9.17, 15) is 4.79 Å². The van der Waals surface area contributed by atoms with Crippen molar-refractivity contribution in [2.75, 3.05) is 4.90 Å². The molecule has 0 N–H and O–H groups in total. The normalized spacial score (nSPS) is 23.1. The van der Waals surface area contributed by atoms with Crippen LogP contribution in [0, 0.1) is 6.92 Å². The first kappa shape index (κ1) is 13.3. The number of carbonyl (C=O) groups is 1. The molecule has 1 fully saturated rings. The third kappa shape index (κ3) is 1.83. The molecule has 1 atom stereocenters. The Balaban J connectivity index is 1.99. The summed E-state index contributed by atoms with van der Waals surface area (Å²) in [5.41, 5.74) is 5.69. The maximum atomic E-state index is 12.4. The summed E-state index contributed by atoms with van der Waals surface area (Å²) >= 11 is 0. The summed E-state index contributed by atoms with van der Waals surface area (Å²) in [7, 11) is 0. The summed E-state index contributed by atoms with van der Waals surface area (Å²) in [6, 6.07) is 16.9. The lowest BCUT2D eigenvalue weighted by Crippen LogP contribution is -2.44. The molecule has 2 nitrogen and oxygen atoms in total. The molecule has 0 radical (unpaired) electrons. The van der Waals surface area contributed by atoms with Gasteiger partial charge in [0.05, 0.1) is 11.2 Å². The van der Waals surface area contributed by atoms with Crippen LogP contribution in [-0.4, -0.2) is 11.4 Å². The van der Waals surface area contributed by atoms with Crippen LogP contribution >= 0.6 is 0 Å². The van der Waals surface area contributed by atoms with Crippen LogP contribution < -0.4 is 4.90 Å². The maximum absolute atomic E-state index is 12.4. The molecule has 110 valence electrons. The Kier molecular flexibility index (Phi) is 2.77. The molecule has 2 aromatic rings. The number of hydrogen-bond donors (Lipinski definition) is 0. The van der Waals surface area contributed by atoms with Gasteiger partial charge in [-0.05, 0) is 43.5 Å². The summed E-state index contributed by atoms with van der Waals surface area (Å²) in [6.07, 6.45) is 3.80. The van der Waals surface area contributed by atoms with E-state index in [1.165, 1.54) is 22.3 Å². The Labute approximate surface area is 131 Å². The highest BCUT2D eigenvalue weighted by Gasteiger charge is 2.44. The van der Waals surface area contributed by atoms with Gasteiger partial charge in [-0.1, -0.05) is 48.0 Å². The lowest BCUT2D eigenvalue weighted by molar-refractivity contribution is -0.117. The number of rotatable bonds is 1. The van der Waals surface area contributed by atoms with E-state index in [1.807, 2.05) is 11.0 Å². The summed E-state index contributed by atoms with van der Waals surface area (Å²) < 4.78 is 0. The molecule has 0 aromatic heterocycles. The van der Waals surface area contributed by atoms with E-state index in [1.54, 1.807) is 0 Å². The molecule has 0 bridgehead atoms. The summed E-state index contributed by atoms with van der Waals surface area (Å²) in [5, 5.41) is 0. The van der Waals surface area contributed by atoms with Gasteiger partial charge in [0.1, 0.15) is 0 Å². The molecule has 0 saturated carbocycles. The van der Waals surface area contributed by atoms with Gasteiger partial charge in [-0.15, -0.1) is 0 Å². The molecule has 1 unspecified atom stereocenters. The van der Waals surface area contributed by atoms with Crippen molar-refractivity contribution < 1.29 is 4.79 Å². The average Bonchev–Trinajstić information content (AvgIpc) is 2.83. The van der Waals surface area contributed by atoms with Gasteiger partial charge in [-0.25, -0.2) is 0 Å². The van der Waals surface area contributed by atoms with Gasteiger partial charge < -0.3 is 4.90 Å². The van der Waals surface area contributed by atoms with Crippen molar-refractivity contribution in [3.63, 3.8) is 0 Å². The molecular weight excluding hydrogens is 270 g/mol. The second kappa shape index (κ2) is 4.57. The zero-order valence-corrected chi connectivity index (χ0v) is 13.0. The number of fused-ring (bicyclic) bond motifs is 3. The molecular formula is C20H19NO. The molecule has 1 saturated heterocycles. The Bertz CT molecular complexity index is 791. The van der Waals surface area contributed by atoms with E-state index in [2.05, 4.69) is 62.4 Å². The fraction of sp³-hybridized carbons (Fsp3) is 0.250. The van der Waals surface area contributed by atoms with Crippen molar-refractivity contribution in [3.8, 4) is 0 Å². The van der Waals surface area contributed by atoms with Crippen molar-refractivity contribution >= 4 is 17.2 Å². The highest BCUT2D eigenvalue weighted by molar-refractivity contribution is 6.04. The zero-order valence-electron chi connectivity index (χ0n) is 13.0. The Morgan fingerprint density at radius 1 is 1.09 bits per heavy atom. The number of benzene rings is 2. The largest absolute Gasteiger partial charge is 0.302 e. The molecule has 0 spiro atoms. The minimum atomic E-state index is -0.204. The molecule has 2 heteroatoms. The fourth-order valence-electron chi connectivity index (χ4n) is 3.72. The van der Waals surface area contributed by atoms with E-state index in [0.29, 0.717) is 6.42 Å². The van der Waals surface area contributed by atoms with Crippen molar-refractivity contribution in [1.29, 1.82) is 0 Å². The highest BCUT2D eigenvalue weighted by atomic mass is 16.2. The molecule has 2 aromatic carbocycles. The monoisotopic (exact) mass is 289 g/mol. The van der Waals surface area contributed by atoms with E-state index in [4.69, 9.17) is 0 Å². The predicted octanol–water partition coefficient (Wildman–Crippen LogP) is 4.33. The lowest BCUT2D eigenvalue weighted by atomic mass is 9.84. The number of anilines is 1. The molecule has 2 heterocycles. The molecule has 2 aliphatic heterocycles. The van der Waals surface area contributed by atoms with Crippen LogP contribution in [0.15, 0.2) is 54.6 Å². The van der Waals surface area contributed by atoms with E-state index < -0.39 is 0 Å². The smallest absolute Gasteiger partial charge is 0.227 e. The number of amides is 1. The van der Waals surface area contributed by atoms with Crippen LogP contribution in [0.1, 0.15) is 36.5 Å². The Morgan fingerprint density at radius 3 is 2.64 bits per heavy atom.